The van der Waals surface area contributed by atoms with Gasteiger partial charge in [0, 0.05) is 5.39 Å². The molecule has 0 heterocycles. The van der Waals surface area contributed by atoms with Crippen LogP contribution in [0, 0.1) is 0 Å². The Hall–Kier alpha value is -3.02. The van der Waals surface area contributed by atoms with E-state index in [4.69, 9.17) is 0 Å². The maximum absolute atomic E-state index is 12.7. The summed E-state index contributed by atoms with van der Waals surface area (Å²) in [6.07, 6.45) is -4.40. The van der Waals surface area contributed by atoms with Crippen molar-refractivity contribution in [2.75, 3.05) is 7.11 Å². The quantitative estimate of drug-likeness (QED) is 0.663. The molecule has 0 aromatic heterocycles. The summed E-state index contributed by atoms with van der Waals surface area (Å²) in [4.78, 5) is 11.7. The van der Waals surface area contributed by atoms with E-state index in [9.17, 15) is 23.1 Å². The number of esters is 1. The number of methoxy groups -OCH3 is 1. The molecule has 3 nitrogen and oxygen atoms in total. The molecular formula is C19H13F3O3. The van der Waals surface area contributed by atoms with Gasteiger partial charge in [-0.3, -0.25) is 0 Å². The first-order valence-electron chi connectivity index (χ1n) is 7.33. The molecule has 0 atom stereocenters. The zero-order valence-electron chi connectivity index (χ0n) is 13.1. The smallest absolute Gasteiger partial charge is 0.416 e. The highest BCUT2D eigenvalue weighted by molar-refractivity contribution is 6.05. The Balaban J connectivity index is 2.15. The van der Waals surface area contributed by atoms with E-state index in [-0.39, 0.29) is 11.3 Å². The average molecular weight is 346 g/mol. The fourth-order valence-corrected chi connectivity index (χ4v) is 2.71. The largest absolute Gasteiger partial charge is 0.506 e. The van der Waals surface area contributed by atoms with Crippen molar-refractivity contribution >= 4 is 16.7 Å². The Morgan fingerprint density at radius 1 is 0.960 bits per heavy atom. The van der Waals surface area contributed by atoms with Gasteiger partial charge in [0.2, 0.25) is 0 Å². The molecule has 3 aromatic rings. The Bertz CT molecular complexity index is 945. The van der Waals surface area contributed by atoms with Crippen molar-refractivity contribution in [3.05, 3.63) is 65.7 Å². The van der Waals surface area contributed by atoms with E-state index in [1.54, 1.807) is 24.3 Å². The van der Waals surface area contributed by atoms with E-state index in [1.807, 2.05) is 0 Å². The second-order valence-corrected chi connectivity index (χ2v) is 5.43. The van der Waals surface area contributed by atoms with E-state index in [2.05, 4.69) is 4.74 Å². The van der Waals surface area contributed by atoms with Crippen LogP contribution in [0.5, 0.6) is 5.75 Å². The fraction of sp³-hybridized carbons (Fsp3) is 0.105. The van der Waals surface area contributed by atoms with Gasteiger partial charge in [0.15, 0.2) is 0 Å². The molecule has 0 unspecified atom stereocenters. The van der Waals surface area contributed by atoms with Crippen molar-refractivity contribution in [1.29, 1.82) is 0 Å². The molecule has 0 aliphatic rings. The number of halogens is 3. The molecule has 3 aromatic carbocycles. The summed E-state index contributed by atoms with van der Waals surface area (Å²) >= 11 is 0. The minimum absolute atomic E-state index is 0.0274. The third kappa shape index (κ3) is 3.03. The van der Waals surface area contributed by atoms with Crippen molar-refractivity contribution in [3.8, 4) is 16.9 Å². The number of rotatable bonds is 2. The zero-order chi connectivity index (χ0) is 18.2. The van der Waals surface area contributed by atoms with Crippen molar-refractivity contribution in [2.45, 2.75) is 6.18 Å². The van der Waals surface area contributed by atoms with Gasteiger partial charge < -0.3 is 9.84 Å². The first kappa shape index (κ1) is 16.8. The van der Waals surface area contributed by atoms with E-state index in [0.29, 0.717) is 21.9 Å². The lowest BCUT2D eigenvalue weighted by Crippen LogP contribution is -2.04. The summed E-state index contributed by atoms with van der Waals surface area (Å²) in [6.45, 7) is 0. The molecule has 0 aliphatic heterocycles. The van der Waals surface area contributed by atoms with Crippen LogP contribution in [0.2, 0.25) is 0 Å². The van der Waals surface area contributed by atoms with Crippen LogP contribution in [0.25, 0.3) is 21.9 Å². The van der Waals surface area contributed by atoms with Gasteiger partial charge in [0.05, 0.1) is 12.7 Å². The first-order chi connectivity index (χ1) is 11.8. The normalized spacial score (nSPS) is 11.5. The van der Waals surface area contributed by atoms with Gasteiger partial charge in [0.25, 0.3) is 0 Å². The molecule has 128 valence electrons. The third-order valence-electron chi connectivity index (χ3n) is 3.96. The van der Waals surface area contributed by atoms with Gasteiger partial charge >= 0.3 is 12.1 Å². The number of fused-ring (bicyclic) bond motifs is 1. The Kier molecular flexibility index (Phi) is 4.12. The van der Waals surface area contributed by atoms with E-state index >= 15 is 0 Å². The van der Waals surface area contributed by atoms with Crippen LogP contribution in [-0.2, 0) is 10.9 Å². The lowest BCUT2D eigenvalue weighted by molar-refractivity contribution is -0.137. The molecule has 0 saturated carbocycles. The number of phenolic OH excluding ortho intramolecular Hbond substituents is 1. The number of carbonyl (C=O) groups excluding carboxylic acids is 1. The van der Waals surface area contributed by atoms with Crippen LogP contribution in [-0.4, -0.2) is 18.2 Å². The number of aromatic hydroxyl groups is 1. The minimum Gasteiger partial charge on any atom is -0.506 e. The molecule has 6 heteroatoms. The highest BCUT2D eigenvalue weighted by Gasteiger charge is 2.30. The number of hydrogen-bond acceptors (Lipinski definition) is 3. The Morgan fingerprint density at radius 3 is 2.24 bits per heavy atom. The van der Waals surface area contributed by atoms with Crippen LogP contribution >= 0.6 is 0 Å². The maximum atomic E-state index is 12.7. The molecule has 3 rings (SSSR count). The molecule has 0 amide bonds. The summed E-state index contributed by atoms with van der Waals surface area (Å²) in [5.74, 6) is -0.891. The zero-order valence-corrected chi connectivity index (χ0v) is 13.1. The van der Waals surface area contributed by atoms with Gasteiger partial charge in [-0.05, 0) is 34.7 Å². The molecule has 0 saturated heterocycles. The monoisotopic (exact) mass is 346 g/mol. The fourth-order valence-electron chi connectivity index (χ4n) is 2.71. The van der Waals surface area contributed by atoms with Gasteiger partial charge in [-0.1, -0.05) is 36.4 Å². The number of phenols is 1. The predicted octanol–water partition coefficient (Wildman–Crippen LogP) is 5.02. The summed E-state index contributed by atoms with van der Waals surface area (Å²) in [5, 5.41) is 11.4. The standard InChI is InChI=1S/C19H13F3O3/c1-25-18(24)16-10-9-14-13(3-2-4-15(14)17(16)23)11-5-7-12(8-6-11)19(20,21)22/h2-10,23H,1H3. The molecule has 0 fully saturated rings. The molecule has 0 aliphatic carbocycles. The predicted molar refractivity (Wildman–Crippen MR) is 87.4 cm³/mol. The first-order valence-corrected chi connectivity index (χ1v) is 7.33. The molecule has 0 spiro atoms. The molecule has 25 heavy (non-hydrogen) atoms. The van der Waals surface area contributed by atoms with Crippen LogP contribution < -0.4 is 0 Å². The van der Waals surface area contributed by atoms with E-state index in [0.717, 1.165) is 12.1 Å². The molecule has 0 radical (unpaired) electrons. The van der Waals surface area contributed by atoms with Gasteiger partial charge in [-0.15, -0.1) is 0 Å². The molecular weight excluding hydrogens is 333 g/mol. The highest BCUT2D eigenvalue weighted by Crippen LogP contribution is 2.37. The lowest BCUT2D eigenvalue weighted by Gasteiger charge is -2.12. The van der Waals surface area contributed by atoms with Crippen LogP contribution in [0.3, 0.4) is 0 Å². The SMILES string of the molecule is COC(=O)c1ccc2c(-c3ccc(C(F)(F)F)cc3)cccc2c1O. The second kappa shape index (κ2) is 6.12. The lowest BCUT2D eigenvalue weighted by atomic mass is 9.95. The van der Waals surface area contributed by atoms with Crippen molar-refractivity contribution in [2.24, 2.45) is 0 Å². The number of carbonyl (C=O) groups is 1. The second-order valence-electron chi connectivity index (χ2n) is 5.43. The summed E-state index contributed by atoms with van der Waals surface area (Å²) < 4.78 is 42.7. The number of hydrogen-bond donors (Lipinski definition) is 1. The summed E-state index contributed by atoms with van der Waals surface area (Å²) in [5.41, 5.74) is 0.522. The Labute approximate surface area is 141 Å². The van der Waals surface area contributed by atoms with E-state index in [1.165, 1.54) is 25.3 Å². The minimum atomic E-state index is -4.40. The van der Waals surface area contributed by atoms with E-state index < -0.39 is 17.7 Å². The average Bonchev–Trinajstić information content (AvgIpc) is 2.60. The summed E-state index contributed by atoms with van der Waals surface area (Å²) in [7, 11) is 1.21. The Morgan fingerprint density at radius 2 is 1.64 bits per heavy atom. The van der Waals surface area contributed by atoms with Crippen molar-refractivity contribution in [3.63, 3.8) is 0 Å². The van der Waals surface area contributed by atoms with Crippen LogP contribution in [0.15, 0.2) is 54.6 Å². The van der Waals surface area contributed by atoms with Gasteiger partial charge in [-0.2, -0.15) is 13.2 Å². The molecule has 0 bridgehead atoms. The molecule has 1 N–H and O–H groups in total. The third-order valence-corrected chi connectivity index (χ3v) is 3.96. The van der Waals surface area contributed by atoms with Crippen LogP contribution in [0.4, 0.5) is 13.2 Å². The number of alkyl halides is 3. The van der Waals surface area contributed by atoms with Crippen LogP contribution in [0.1, 0.15) is 15.9 Å². The maximum Gasteiger partial charge on any atom is 0.416 e. The highest BCUT2D eigenvalue weighted by atomic mass is 19.4. The number of benzene rings is 3. The van der Waals surface area contributed by atoms with Crippen molar-refractivity contribution in [1.82, 2.24) is 0 Å². The topological polar surface area (TPSA) is 46.5 Å². The van der Waals surface area contributed by atoms with Gasteiger partial charge in [0.1, 0.15) is 11.3 Å². The van der Waals surface area contributed by atoms with Gasteiger partial charge in [-0.25, -0.2) is 4.79 Å². The summed E-state index contributed by atoms with van der Waals surface area (Å²) in [6, 6.07) is 12.9. The van der Waals surface area contributed by atoms with Crippen molar-refractivity contribution < 1.29 is 27.8 Å². The number of ether oxygens (including phenoxy) is 1.